The molecule has 0 saturated carbocycles. The Morgan fingerprint density at radius 3 is 2.84 bits per heavy atom. The summed E-state index contributed by atoms with van der Waals surface area (Å²) < 4.78 is 1.05. The van der Waals surface area contributed by atoms with Gasteiger partial charge < -0.3 is 10.6 Å². The molecule has 0 saturated heterocycles. The average molecular weight is 437 g/mol. The van der Waals surface area contributed by atoms with Crippen molar-refractivity contribution >= 4 is 57.0 Å². The van der Waals surface area contributed by atoms with Crippen molar-refractivity contribution in [2.45, 2.75) is 16.2 Å². The second-order valence-electron chi connectivity index (χ2n) is 5.42. The van der Waals surface area contributed by atoms with E-state index in [0.29, 0.717) is 18.5 Å². The van der Waals surface area contributed by atoms with Crippen molar-refractivity contribution in [1.29, 1.82) is 0 Å². The number of hydrogen-bond donors (Lipinski definition) is 2. The number of nitrogens with one attached hydrogen (secondary N) is 2. The molecule has 0 aromatic heterocycles. The molecule has 0 unspecified atom stereocenters. The highest BCUT2D eigenvalue weighted by atomic mass is 79.9. The Labute approximate surface area is 163 Å². The highest BCUT2D eigenvalue weighted by Gasteiger charge is 2.15. The second-order valence-corrected chi connectivity index (χ2v) is 8.64. The van der Waals surface area contributed by atoms with Gasteiger partial charge in [-0.05, 0) is 42.5 Å². The summed E-state index contributed by atoms with van der Waals surface area (Å²) in [6, 6.07) is 13.6. The van der Waals surface area contributed by atoms with E-state index in [-0.39, 0.29) is 11.8 Å². The molecule has 2 aromatic carbocycles. The Hall–Kier alpha value is -1.44. The van der Waals surface area contributed by atoms with E-state index in [2.05, 4.69) is 26.6 Å². The predicted octanol–water partition coefficient (Wildman–Crippen LogP) is 4.41. The third-order valence-corrected chi connectivity index (χ3v) is 6.19. The van der Waals surface area contributed by atoms with Crippen molar-refractivity contribution in [1.82, 2.24) is 5.32 Å². The fourth-order valence-corrected chi connectivity index (χ4v) is 4.30. The maximum Gasteiger partial charge on any atom is 0.251 e. The van der Waals surface area contributed by atoms with Crippen molar-refractivity contribution in [3.8, 4) is 0 Å². The van der Waals surface area contributed by atoms with Crippen LogP contribution < -0.4 is 10.6 Å². The zero-order valence-corrected chi connectivity index (χ0v) is 16.6. The summed E-state index contributed by atoms with van der Waals surface area (Å²) in [5.74, 6) is 1.43. The maximum atomic E-state index is 12.3. The topological polar surface area (TPSA) is 58.2 Å². The van der Waals surface area contributed by atoms with E-state index in [9.17, 15) is 9.59 Å². The monoisotopic (exact) mass is 436 g/mol. The van der Waals surface area contributed by atoms with Crippen molar-refractivity contribution in [3.63, 3.8) is 0 Å². The van der Waals surface area contributed by atoms with Crippen LogP contribution in [0.4, 0.5) is 5.69 Å². The van der Waals surface area contributed by atoms with Gasteiger partial charge in [0.1, 0.15) is 0 Å². The summed E-state index contributed by atoms with van der Waals surface area (Å²) >= 11 is 6.74. The summed E-state index contributed by atoms with van der Waals surface area (Å²) in [5, 5.41) is 5.79. The number of rotatable bonds is 5. The first-order chi connectivity index (χ1) is 12.1. The van der Waals surface area contributed by atoms with Gasteiger partial charge in [-0.2, -0.15) is 0 Å². The molecule has 4 nitrogen and oxygen atoms in total. The average Bonchev–Trinajstić information content (AvgIpc) is 2.79. The highest BCUT2D eigenvalue weighted by Crippen LogP contribution is 2.31. The van der Waals surface area contributed by atoms with Crippen molar-refractivity contribution in [3.05, 3.63) is 52.5 Å². The van der Waals surface area contributed by atoms with Gasteiger partial charge in [-0.15, -0.1) is 23.5 Å². The highest BCUT2D eigenvalue weighted by molar-refractivity contribution is 9.10. The van der Waals surface area contributed by atoms with Crippen LogP contribution in [0.1, 0.15) is 16.8 Å². The molecule has 130 valence electrons. The van der Waals surface area contributed by atoms with Crippen LogP contribution in [-0.2, 0) is 4.79 Å². The van der Waals surface area contributed by atoms with Crippen LogP contribution in [0.3, 0.4) is 0 Å². The largest absolute Gasteiger partial charge is 0.351 e. The Morgan fingerprint density at radius 1 is 1.24 bits per heavy atom. The number of amides is 2. The minimum Gasteiger partial charge on any atom is -0.351 e. The Balaban J connectivity index is 1.53. The van der Waals surface area contributed by atoms with E-state index >= 15 is 0 Å². The normalized spacial score (nSPS) is 13.6. The number of benzene rings is 2. The van der Waals surface area contributed by atoms with Crippen LogP contribution >= 0.6 is 39.5 Å². The molecule has 0 radical (unpaired) electrons. The summed E-state index contributed by atoms with van der Waals surface area (Å²) in [5.41, 5.74) is 1.29. The van der Waals surface area contributed by atoms with Gasteiger partial charge in [0.25, 0.3) is 5.91 Å². The summed E-state index contributed by atoms with van der Waals surface area (Å²) in [7, 11) is 0. The summed E-state index contributed by atoms with van der Waals surface area (Å²) in [6.45, 7) is 0.581. The van der Waals surface area contributed by atoms with Gasteiger partial charge in [0, 0.05) is 44.3 Å². The Kier molecular flexibility index (Phi) is 6.45. The first-order valence-electron chi connectivity index (χ1n) is 7.85. The molecule has 0 spiro atoms. The van der Waals surface area contributed by atoms with Crippen molar-refractivity contribution in [2.75, 3.05) is 23.4 Å². The van der Waals surface area contributed by atoms with E-state index in [4.69, 9.17) is 0 Å². The van der Waals surface area contributed by atoms with Crippen LogP contribution in [0, 0.1) is 0 Å². The van der Waals surface area contributed by atoms with Crippen LogP contribution in [0.15, 0.2) is 56.7 Å². The minimum atomic E-state index is -0.122. The Bertz CT molecular complexity index is 781. The van der Waals surface area contributed by atoms with Crippen LogP contribution in [-0.4, -0.2) is 29.9 Å². The van der Waals surface area contributed by atoms with E-state index in [1.807, 2.05) is 30.3 Å². The molecule has 0 aliphatic carbocycles. The molecule has 2 amide bonds. The van der Waals surface area contributed by atoms with Gasteiger partial charge in [0.2, 0.25) is 5.91 Å². The number of hydrogen-bond acceptors (Lipinski definition) is 4. The second kappa shape index (κ2) is 8.78. The lowest BCUT2D eigenvalue weighted by Gasteiger charge is -2.09. The molecule has 3 rings (SSSR count). The standard InChI is InChI=1S/C18H17BrN2O2S2/c19-13-2-4-14(5-3-13)24-10-8-20-18(23)12-1-6-16-15(11-12)21-17(22)7-9-25-16/h1-6,11H,7-10H2,(H,20,23)(H,21,22). The van der Waals surface area contributed by atoms with Crippen LogP contribution in [0.2, 0.25) is 0 Å². The first kappa shape index (κ1) is 18.4. The number of carbonyl (C=O) groups is 2. The number of fused-ring (bicyclic) bond motifs is 1. The molecule has 0 bridgehead atoms. The fourth-order valence-electron chi connectivity index (χ4n) is 2.33. The molecule has 1 aliphatic rings. The van der Waals surface area contributed by atoms with E-state index in [1.165, 1.54) is 4.90 Å². The summed E-state index contributed by atoms with van der Waals surface area (Å²) in [6.07, 6.45) is 0.494. The quantitative estimate of drug-likeness (QED) is 0.538. The molecule has 2 N–H and O–H groups in total. The molecular weight excluding hydrogens is 420 g/mol. The lowest BCUT2D eigenvalue weighted by Crippen LogP contribution is -2.25. The molecule has 0 atom stereocenters. The zero-order chi connectivity index (χ0) is 17.6. The fraction of sp³-hybridized carbons (Fsp3) is 0.222. The lowest BCUT2D eigenvalue weighted by atomic mass is 10.2. The van der Waals surface area contributed by atoms with E-state index in [1.54, 1.807) is 35.7 Å². The van der Waals surface area contributed by atoms with Gasteiger partial charge >= 0.3 is 0 Å². The third kappa shape index (κ3) is 5.26. The van der Waals surface area contributed by atoms with Gasteiger partial charge in [0.05, 0.1) is 5.69 Å². The smallest absolute Gasteiger partial charge is 0.251 e. The molecular formula is C18H17BrN2O2S2. The number of anilines is 1. The maximum absolute atomic E-state index is 12.3. The van der Waals surface area contributed by atoms with Crippen LogP contribution in [0.25, 0.3) is 0 Å². The molecule has 1 aliphatic heterocycles. The molecule has 7 heteroatoms. The van der Waals surface area contributed by atoms with E-state index < -0.39 is 0 Å². The lowest BCUT2D eigenvalue weighted by molar-refractivity contribution is -0.115. The van der Waals surface area contributed by atoms with Gasteiger partial charge in [0.15, 0.2) is 0 Å². The predicted molar refractivity (Wildman–Crippen MR) is 108 cm³/mol. The van der Waals surface area contributed by atoms with E-state index in [0.717, 1.165) is 26.6 Å². The Morgan fingerprint density at radius 2 is 2.04 bits per heavy atom. The SMILES string of the molecule is O=C1CCSc2ccc(C(=O)NCCSc3ccc(Br)cc3)cc2N1. The van der Waals surface area contributed by atoms with Crippen molar-refractivity contribution < 1.29 is 9.59 Å². The van der Waals surface area contributed by atoms with Gasteiger partial charge in [-0.3, -0.25) is 9.59 Å². The molecule has 2 aromatic rings. The molecule has 25 heavy (non-hydrogen) atoms. The number of halogens is 1. The third-order valence-electron chi connectivity index (χ3n) is 3.57. The summed E-state index contributed by atoms with van der Waals surface area (Å²) in [4.78, 5) is 26.1. The molecule has 0 fully saturated rings. The van der Waals surface area contributed by atoms with Gasteiger partial charge in [-0.1, -0.05) is 15.9 Å². The van der Waals surface area contributed by atoms with Crippen molar-refractivity contribution in [2.24, 2.45) is 0 Å². The molecule has 1 heterocycles. The van der Waals surface area contributed by atoms with Crippen LogP contribution in [0.5, 0.6) is 0 Å². The van der Waals surface area contributed by atoms with Gasteiger partial charge in [-0.25, -0.2) is 0 Å². The first-order valence-corrected chi connectivity index (χ1v) is 10.6. The number of thioether (sulfide) groups is 2. The minimum absolute atomic E-state index is 0.00490. The zero-order valence-electron chi connectivity index (χ0n) is 13.4. The number of carbonyl (C=O) groups excluding carboxylic acids is 2.